The van der Waals surface area contributed by atoms with Gasteiger partial charge in [0.2, 0.25) is 0 Å². The lowest BCUT2D eigenvalue weighted by Crippen LogP contribution is -2.60. The summed E-state index contributed by atoms with van der Waals surface area (Å²) in [4.78, 5) is 25.7. The molecule has 2 fully saturated rings. The molecule has 1 spiro atoms. The maximum absolute atomic E-state index is 14.5. The van der Waals surface area contributed by atoms with Crippen LogP contribution in [0.15, 0.2) is 41.3 Å². The summed E-state index contributed by atoms with van der Waals surface area (Å²) in [5, 5.41) is 15.1. The molecule has 1 unspecified atom stereocenters. The van der Waals surface area contributed by atoms with Crippen LogP contribution in [0.1, 0.15) is 49.4 Å². The van der Waals surface area contributed by atoms with Crippen LogP contribution in [0.4, 0.5) is 4.39 Å². The Morgan fingerprint density at radius 2 is 1.97 bits per heavy atom. The molecule has 1 saturated carbocycles. The van der Waals surface area contributed by atoms with Crippen molar-refractivity contribution >= 4 is 5.97 Å². The van der Waals surface area contributed by atoms with Crippen LogP contribution in [0.3, 0.4) is 0 Å². The van der Waals surface area contributed by atoms with Gasteiger partial charge in [0.05, 0.1) is 24.3 Å². The van der Waals surface area contributed by atoms with Gasteiger partial charge in [-0.3, -0.25) is 4.79 Å². The summed E-state index contributed by atoms with van der Waals surface area (Å²) in [5.74, 6) is -1.14. The van der Waals surface area contributed by atoms with Crippen LogP contribution >= 0.6 is 0 Å². The van der Waals surface area contributed by atoms with Crippen LogP contribution in [-0.4, -0.2) is 40.9 Å². The molecule has 1 aromatic heterocycles. The van der Waals surface area contributed by atoms with Gasteiger partial charge >= 0.3 is 5.97 Å². The molecule has 2 heterocycles. The number of carbonyl (C=O) groups is 1. The number of piperidine rings is 1. The minimum atomic E-state index is -1.05. The first-order valence-corrected chi connectivity index (χ1v) is 11.0. The standard InChI is InChI=1S/C24H29FN2O4/c1-2-31-22(29)19-14-27(21(28)13-18(19)17-7-3-4-8-20(17)25)16-24(30)11-12-26-15-23(24)9-5-6-10-23/h3-4,7-8,13-14,26,30H,2,5-6,9-12,15-16H2,1H3. The highest BCUT2D eigenvalue weighted by atomic mass is 19.1. The Kier molecular flexibility index (Phi) is 5.99. The van der Waals surface area contributed by atoms with E-state index in [1.165, 1.54) is 29.0 Å². The van der Waals surface area contributed by atoms with Crippen molar-refractivity contribution in [2.45, 2.75) is 51.2 Å². The van der Waals surface area contributed by atoms with Crippen molar-refractivity contribution in [2.75, 3.05) is 19.7 Å². The van der Waals surface area contributed by atoms with E-state index in [0.717, 1.165) is 32.2 Å². The van der Waals surface area contributed by atoms with E-state index in [9.17, 15) is 19.1 Å². The lowest BCUT2D eigenvalue weighted by Gasteiger charge is -2.49. The fourth-order valence-corrected chi connectivity index (χ4v) is 5.25. The van der Waals surface area contributed by atoms with Crippen molar-refractivity contribution in [3.8, 4) is 11.1 Å². The Labute approximate surface area is 181 Å². The molecular weight excluding hydrogens is 399 g/mol. The average molecular weight is 429 g/mol. The number of nitrogens with one attached hydrogen (secondary N) is 1. The number of carbonyl (C=O) groups excluding carboxylic acids is 1. The number of pyridine rings is 1. The van der Waals surface area contributed by atoms with Gasteiger partial charge in [-0.1, -0.05) is 31.0 Å². The lowest BCUT2D eigenvalue weighted by molar-refractivity contribution is -0.115. The van der Waals surface area contributed by atoms with E-state index >= 15 is 0 Å². The molecule has 4 rings (SSSR count). The number of hydrogen-bond donors (Lipinski definition) is 2. The zero-order valence-corrected chi connectivity index (χ0v) is 17.8. The highest BCUT2D eigenvalue weighted by Gasteiger charge is 2.53. The molecule has 1 aliphatic carbocycles. The van der Waals surface area contributed by atoms with Crippen molar-refractivity contribution in [1.82, 2.24) is 9.88 Å². The quantitative estimate of drug-likeness (QED) is 0.716. The number of esters is 1. The Morgan fingerprint density at radius 1 is 1.23 bits per heavy atom. The summed E-state index contributed by atoms with van der Waals surface area (Å²) in [7, 11) is 0. The zero-order valence-electron chi connectivity index (χ0n) is 17.8. The van der Waals surface area contributed by atoms with Crippen LogP contribution in [-0.2, 0) is 11.3 Å². The topological polar surface area (TPSA) is 80.6 Å². The van der Waals surface area contributed by atoms with Crippen LogP contribution < -0.4 is 10.9 Å². The van der Waals surface area contributed by atoms with Crippen molar-refractivity contribution in [2.24, 2.45) is 5.41 Å². The number of nitrogens with zero attached hydrogens (tertiary/aromatic N) is 1. The summed E-state index contributed by atoms with van der Waals surface area (Å²) in [6.07, 6.45) is 5.87. The molecule has 1 saturated heterocycles. The molecule has 31 heavy (non-hydrogen) atoms. The molecule has 0 radical (unpaired) electrons. The number of ether oxygens (including phenoxy) is 1. The van der Waals surface area contributed by atoms with Gasteiger partial charge in [0.1, 0.15) is 5.82 Å². The Bertz CT molecular complexity index is 1030. The van der Waals surface area contributed by atoms with Gasteiger partial charge in [0, 0.05) is 35.3 Å². The third-order valence-electron chi connectivity index (χ3n) is 6.94. The van der Waals surface area contributed by atoms with Gasteiger partial charge in [0.25, 0.3) is 5.56 Å². The number of rotatable bonds is 5. The second-order valence-corrected chi connectivity index (χ2v) is 8.71. The zero-order chi connectivity index (χ0) is 22.1. The number of benzene rings is 1. The second kappa shape index (κ2) is 8.55. The monoisotopic (exact) mass is 428 g/mol. The van der Waals surface area contributed by atoms with Crippen molar-refractivity contribution in [1.29, 1.82) is 0 Å². The van der Waals surface area contributed by atoms with E-state index in [-0.39, 0.29) is 40.8 Å². The fourth-order valence-electron chi connectivity index (χ4n) is 5.25. The Hall–Kier alpha value is -2.51. The van der Waals surface area contributed by atoms with Crippen LogP contribution in [0, 0.1) is 11.2 Å². The molecule has 1 atom stereocenters. The Balaban J connectivity index is 1.79. The van der Waals surface area contributed by atoms with Gasteiger partial charge in [-0.15, -0.1) is 0 Å². The fraction of sp³-hybridized carbons (Fsp3) is 0.500. The van der Waals surface area contributed by atoms with Gasteiger partial charge in [-0.25, -0.2) is 9.18 Å². The Morgan fingerprint density at radius 3 is 2.68 bits per heavy atom. The number of halogens is 1. The first-order valence-electron chi connectivity index (χ1n) is 11.0. The van der Waals surface area contributed by atoms with Crippen molar-refractivity contribution in [3.63, 3.8) is 0 Å². The summed E-state index contributed by atoms with van der Waals surface area (Å²) in [6, 6.07) is 7.30. The van der Waals surface area contributed by atoms with Gasteiger partial charge in [-0.05, 0) is 38.8 Å². The summed E-state index contributed by atoms with van der Waals surface area (Å²) in [5.41, 5.74) is -1.23. The first kappa shape index (κ1) is 21.7. The molecular formula is C24H29FN2O4. The predicted octanol–water partition coefficient (Wildman–Crippen LogP) is 3.12. The summed E-state index contributed by atoms with van der Waals surface area (Å²) >= 11 is 0. The molecule has 7 heteroatoms. The maximum Gasteiger partial charge on any atom is 0.340 e. The van der Waals surface area contributed by atoms with Crippen LogP contribution in [0.25, 0.3) is 11.1 Å². The van der Waals surface area contributed by atoms with Crippen molar-refractivity contribution < 1.29 is 19.0 Å². The number of aliphatic hydroxyl groups is 1. The lowest BCUT2D eigenvalue weighted by atomic mass is 9.66. The van der Waals surface area contributed by atoms with Gasteiger partial charge < -0.3 is 19.7 Å². The first-order chi connectivity index (χ1) is 14.9. The molecule has 2 N–H and O–H groups in total. The molecule has 6 nitrogen and oxygen atoms in total. The van der Waals surface area contributed by atoms with E-state index in [0.29, 0.717) is 13.0 Å². The third kappa shape index (κ3) is 3.92. The number of hydrogen-bond acceptors (Lipinski definition) is 5. The predicted molar refractivity (Wildman–Crippen MR) is 115 cm³/mol. The van der Waals surface area contributed by atoms with Gasteiger partial charge in [-0.2, -0.15) is 0 Å². The minimum Gasteiger partial charge on any atom is -0.462 e. The van der Waals surface area contributed by atoms with E-state index in [1.807, 2.05) is 0 Å². The van der Waals surface area contributed by atoms with E-state index in [1.54, 1.807) is 19.1 Å². The normalized spacial score (nSPS) is 22.5. The summed E-state index contributed by atoms with van der Waals surface area (Å²) in [6.45, 7) is 3.34. The molecule has 0 bridgehead atoms. The molecule has 166 valence electrons. The highest BCUT2D eigenvalue weighted by Crippen LogP contribution is 2.49. The highest BCUT2D eigenvalue weighted by molar-refractivity contribution is 5.97. The average Bonchev–Trinajstić information content (AvgIpc) is 3.22. The SMILES string of the molecule is CCOC(=O)c1cn(CC2(O)CCNCC23CCCC3)c(=O)cc1-c1ccccc1F. The smallest absolute Gasteiger partial charge is 0.340 e. The molecule has 1 aliphatic heterocycles. The van der Waals surface area contributed by atoms with E-state index < -0.39 is 17.4 Å². The molecule has 2 aliphatic rings. The second-order valence-electron chi connectivity index (χ2n) is 8.71. The maximum atomic E-state index is 14.5. The molecule has 2 aromatic rings. The van der Waals surface area contributed by atoms with Crippen LogP contribution in [0.2, 0.25) is 0 Å². The van der Waals surface area contributed by atoms with E-state index in [2.05, 4.69) is 5.32 Å². The van der Waals surface area contributed by atoms with Crippen molar-refractivity contribution in [3.05, 3.63) is 58.3 Å². The minimum absolute atomic E-state index is 0.0947. The molecule has 1 aromatic carbocycles. The summed E-state index contributed by atoms with van der Waals surface area (Å²) < 4.78 is 21.0. The van der Waals surface area contributed by atoms with E-state index in [4.69, 9.17) is 4.74 Å². The largest absolute Gasteiger partial charge is 0.462 e. The van der Waals surface area contributed by atoms with Gasteiger partial charge in [0.15, 0.2) is 0 Å². The van der Waals surface area contributed by atoms with Crippen LogP contribution in [0.5, 0.6) is 0 Å². The molecule has 0 amide bonds. The number of aromatic nitrogens is 1. The third-order valence-corrected chi connectivity index (χ3v) is 6.94.